The maximum absolute atomic E-state index is 11.3. The number of methoxy groups -OCH3 is 1. The molecule has 3 nitrogen and oxygen atoms in total. The van der Waals surface area contributed by atoms with Crippen LogP contribution in [0, 0.1) is 0 Å². The van der Waals surface area contributed by atoms with E-state index in [0.717, 1.165) is 0 Å². The summed E-state index contributed by atoms with van der Waals surface area (Å²) in [4.78, 5) is 10.6. The second kappa shape index (κ2) is 4.40. The van der Waals surface area contributed by atoms with E-state index in [-0.39, 0.29) is 4.75 Å². The third kappa shape index (κ3) is 4.28. The molecule has 0 bridgehead atoms. The van der Waals surface area contributed by atoms with Crippen LogP contribution in [0.3, 0.4) is 0 Å². The summed E-state index contributed by atoms with van der Waals surface area (Å²) in [6.07, 6.45) is 1.18. The molecule has 70 valence electrons. The summed E-state index contributed by atoms with van der Waals surface area (Å²) in [5.74, 6) is -0.479. The summed E-state index contributed by atoms with van der Waals surface area (Å²) >= 11 is 0. The fraction of sp³-hybridized carbons (Fsp3) is 0.625. The highest BCUT2D eigenvalue weighted by atomic mass is 32.2. The van der Waals surface area contributed by atoms with Crippen molar-refractivity contribution in [2.75, 3.05) is 7.11 Å². The van der Waals surface area contributed by atoms with E-state index < -0.39 is 16.8 Å². The van der Waals surface area contributed by atoms with Crippen molar-refractivity contribution in [2.24, 2.45) is 0 Å². The number of ether oxygens (including phenoxy) is 1. The molecule has 0 heterocycles. The van der Waals surface area contributed by atoms with Gasteiger partial charge in [-0.05, 0) is 20.8 Å². The molecular weight excluding hydrogens is 176 g/mol. The first-order valence-electron chi connectivity index (χ1n) is 3.54. The lowest BCUT2D eigenvalue weighted by Gasteiger charge is -2.13. The lowest BCUT2D eigenvalue weighted by atomic mass is 10.3. The van der Waals surface area contributed by atoms with Crippen LogP contribution in [0.5, 0.6) is 0 Å². The number of esters is 1. The van der Waals surface area contributed by atoms with E-state index in [4.69, 9.17) is 0 Å². The Kier molecular flexibility index (Phi) is 4.17. The van der Waals surface area contributed by atoms with Gasteiger partial charge in [0.05, 0.1) is 17.9 Å². The Morgan fingerprint density at radius 2 is 1.92 bits per heavy atom. The first-order chi connectivity index (χ1) is 5.38. The molecule has 12 heavy (non-hydrogen) atoms. The quantitative estimate of drug-likeness (QED) is 0.485. The predicted molar refractivity (Wildman–Crippen MR) is 49.1 cm³/mol. The zero-order valence-electron chi connectivity index (χ0n) is 7.79. The van der Waals surface area contributed by atoms with Gasteiger partial charge in [-0.25, -0.2) is 4.79 Å². The van der Waals surface area contributed by atoms with E-state index in [9.17, 15) is 9.00 Å². The lowest BCUT2D eigenvalue weighted by molar-refractivity contribution is -0.134. The Balaban J connectivity index is 4.19. The molecule has 0 aromatic carbocycles. The van der Waals surface area contributed by atoms with E-state index in [1.807, 2.05) is 20.8 Å². The minimum absolute atomic E-state index is 0.329. The van der Waals surface area contributed by atoms with Gasteiger partial charge in [-0.1, -0.05) is 0 Å². The van der Waals surface area contributed by atoms with Crippen LogP contribution in [-0.2, 0) is 20.3 Å². The zero-order chi connectivity index (χ0) is 9.78. The number of hydrogen-bond donors (Lipinski definition) is 0. The Bertz CT molecular complexity index is 213. The van der Waals surface area contributed by atoms with Gasteiger partial charge in [0.15, 0.2) is 0 Å². The zero-order valence-corrected chi connectivity index (χ0v) is 8.60. The number of carbonyl (C=O) groups is 1. The molecule has 0 saturated heterocycles. The van der Waals surface area contributed by atoms with Crippen molar-refractivity contribution in [1.82, 2.24) is 0 Å². The van der Waals surface area contributed by atoms with Crippen LogP contribution in [-0.4, -0.2) is 22.0 Å². The number of carbonyl (C=O) groups excluding carboxylic acids is 1. The van der Waals surface area contributed by atoms with Crippen molar-refractivity contribution >= 4 is 16.8 Å². The van der Waals surface area contributed by atoms with Gasteiger partial charge in [-0.2, -0.15) is 0 Å². The molecule has 4 heteroatoms. The topological polar surface area (TPSA) is 43.4 Å². The molecular formula is C8H14O3S. The summed E-state index contributed by atoms with van der Waals surface area (Å²) < 4.78 is 15.3. The third-order valence-electron chi connectivity index (χ3n) is 1.13. The van der Waals surface area contributed by atoms with Gasteiger partial charge in [0, 0.05) is 16.2 Å². The second-order valence-corrected chi connectivity index (χ2v) is 5.33. The van der Waals surface area contributed by atoms with Gasteiger partial charge in [-0.3, -0.25) is 4.21 Å². The van der Waals surface area contributed by atoms with Gasteiger partial charge in [0.25, 0.3) is 0 Å². The Morgan fingerprint density at radius 1 is 1.42 bits per heavy atom. The van der Waals surface area contributed by atoms with E-state index in [0.29, 0.717) is 0 Å². The summed E-state index contributed by atoms with van der Waals surface area (Å²) in [5, 5.41) is 1.35. The second-order valence-electron chi connectivity index (χ2n) is 3.24. The van der Waals surface area contributed by atoms with Crippen molar-refractivity contribution in [2.45, 2.75) is 25.5 Å². The van der Waals surface area contributed by atoms with Crippen LogP contribution in [0.4, 0.5) is 0 Å². The first-order valence-corrected chi connectivity index (χ1v) is 4.76. The van der Waals surface area contributed by atoms with Gasteiger partial charge in [-0.15, -0.1) is 0 Å². The molecule has 0 aliphatic heterocycles. The summed E-state index contributed by atoms with van der Waals surface area (Å²) in [5.41, 5.74) is 0. The standard InChI is InChI=1S/C8H14O3S/c1-8(2,3)12(10)6-5-7(9)11-4/h5-6H,1-4H3/b6-5+. The SMILES string of the molecule is COC(=O)/C=C/S(=O)C(C)(C)C. The van der Waals surface area contributed by atoms with Crippen molar-refractivity contribution in [1.29, 1.82) is 0 Å². The van der Waals surface area contributed by atoms with Gasteiger partial charge in [0.1, 0.15) is 0 Å². The monoisotopic (exact) mass is 190 g/mol. The summed E-state index contributed by atoms with van der Waals surface area (Å²) in [6.45, 7) is 5.51. The molecule has 1 unspecified atom stereocenters. The predicted octanol–water partition coefficient (Wildman–Crippen LogP) is 1.22. The summed E-state index contributed by atoms with van der Waals surface area (Å²) in [7, 11) is 0.144. The van der Waals surface area contributed by atoms with Crippen LogP contribution in [0.2, 0.25) is 0 Å². The largest absolute Gasteiger partial charge is 0.466 e. The summed E-state index contributed by atoms with van der Waals surface area (Å²) in [6, 6.07) is 0. The Morgan fingerprint density at radius 3 is 2.25 bits per heavy atom. The van der Waals surface area contributed by atoms with Crippen LogP contribution < -0.4 is 0 Å². The van der Waals surface area contributed by atoms with Crippen molar-refractivity contribution in [3.05, 3.63) is 11.5 Å². The van der Waals surface area contributed by atoms with Gasteiger partial charge in [0.2, 0.25) is 0 Å². The highest BCUT2D eigenvalue weighted by molar-refractivity contribution is 7.89. The molecule has 0 amide bonds. The molecule has 0 spiro atoms. The molecule has 0 radical (unpaired) electrons. The van der Waals surface area contributed by atoms with Crippen LogP contribution >= 0.6 is 0 Å². The van der Waals surface area contributed by atoms with Crippen molar-refractivity contribution in [3.63, 3.8) is 0 Å². The maximum atomic E-state index is 11.3. The Hall–Kier alpha value is -0.640. The highest BCUT2D eigenvalue weighted by Gasteiger charge is 2.16. The fourth-order valence-corrected chi connectivity index (χ4v) is 1.03. The molecule has 0 aromatic heterocycles. The van der Waals surface area contributed by atoms with E-state index in [1.54, 1.807) is 0 Å². The van der Waals surface area contributed by atoms with Crippen molar-refractivity contribution < 1.29 is 13.7 Å². The van der Waals surface area contributed by atoms with Gasteiger partial charge < -0.3 is 4.74 Å². The minimum atomic E-state index is -1.14. The first kappa shape index (κ1) is 11.4. The molecule has 0 aromatic rings. The molecule has 0 rings (SSSR count). The molecule has 0 N–H and O–H groups in total. The highest BCUT2D eigenvalue weighted by Crippen LogP contribution is 2.11. The third-order valence-corrected chi connectivity index (χ3v) is 2.72. The maximum Gasteiger partial charge on any atom is 0.331 e. The molecule has 0 aliphatic rings. The van der Waals surface area contributed by atoms with Crippen LogP contribution in [0.15, 0.2) is 11.5 Å². The molecule has 1 atom stereocenters. The number of hydrogen-bond acceptors (Lipinski definition) is 3. The van der Waals surface area contributed by atoms with E-state index in [2.05, 4.69) is 4.74 Å². The van der Waals surface area contributed by atoms with Gasteiger partial charge >= 0.3 is 5.97 Å². The normalized spacial score (nSPS) is 14.7. The van der Waals surface area contributed by atoms with E-state index >= 15 is 0 Å². The lowest BCUT2D eigenvalue weighted by Crippen LogP contribution is -2.19. The van der Waals surface area contributed by atoms with Crippen LogP contribution in [0.1, 0.15) is 20.8 Å². The molecule has 0 fully saturated rings. The average Bonchev–Trinajstić information content (AvgIpc) is 1.97. The fourth-order valence-electron chi connectivity index (χ4n) is 0.390. The number of rotatable bonds is 2. The molecule has 0 saturated carbocycles. The van der Waals surface area contributed by atoms with Crippen LogP contribution in [0.25, 0.3) is 0 Å². The molecule has 0 aliphatic carbocycles. The minimum Gasteiger partial charge on any atom is -0.466 e. The Labute approximate surface area is 75.3 Å². The van der Waals surface area contributed by atoms with Crippen molar-refractivity contribution in [3.8, 4) is 0 Å². The average molecular weight is 190 g/mol. The van der Waals surface area contributed by atoms with E-state index in [1.165, 1.54) is 18.6 Å². The smallest absolute Gasteiger partial charge is 0.331 e.